The SMILES string of the molecule is NCCOc1ccc(C(=O)N2CCCC2)cc1. The van der Waals surface area contributed by atoms with Gasteiger partial charge >= 0.3 is 0 Å². The third-order valence-electron chi connectivity index (χ3n) is 2.88. The van der Waals surface area contributed by atoms with Gasteiger partial charge in [-0.25, -0.2) is 0 Å². The first-order chi connectivity index (χ1) is 8.31. The maximum Gasteiger partial charge on any atom is 0.253 e. The number of benzene rings is 1. The topological polar surface area (TPSA) is 55.6 Å². The average molecular weight is 234 g/mol. The van der Waals surface area contributed by atoms with Crippen LogP contribution in [0.15, 0.2) is 24.3 Å². The zero-order chi connectivity index (χ0) is 12.1. The molecular formula is C13H18N2O2. The summed E-state index contributed by atoms with van der Waals surface area (Å²) in [4.78, 5) is 13.9. The first-order valence-corrected chi connectivity index (χ1v) is 6.03. The molecule has 0 atom stereocenters. The molecule has 0 saturated carbocycles. The molecule has 4 nitrogen and oxygen atoms in total. The number of likely N-dealkylation sites (tertiary alicyclic amines) is 1. The lowest BCUT2D eigenvalue weighted by Crippen LogP contribution is -2.27. The van der Waals surface area contributed by atoms with Crippen LogP contribution in [0.1, 0.15) is 23.2 Å². The van der Waals surface area contributed by atoms with Gasteiger partial charge in [-0.3, -0.25) is 4.79 Å². The van der Waals surface area contributed by atoms with Crippen molar-refractivity contribution in [1.29, 1.82) is 0 Å². The summed E-state index contributed by atoms with van der Waals surface area (Å²) in [6, 6.07) is 7.26. The van der Waals surface area contributed by atoms with E-state index in [-0.39, 0.29) is 5.91 Å². The van der Waals surface area contributed by atoms with E-state index >= 15 is 0 Å². The summed E-state index contributed by atoms with van der Waals surface area (Å²) >= 11 is 0. The Morgan fingerprint density at radius 3 is 2.47 bits per heavy atom. The normalized spacial score (nSPS) is 15.0. The van der Waals surface area contributed by atoms with E-state index < -0.39 is 0 Å². The Bertz CT molecular complexity index is 370. The molecule has 92 valence electrons. The lowest BCUT2D eigenvalue weighted by atomic mass is 10.2. The van der Waals surface area contributed by atoms with Crippen molar-refractivity contribution in [1.82, 2.24) is 4.90 Å². The van der Waals surface area contributed by atoms with E-state index in [1.54, 1.807) is 0 Å². The van der Waals surface area contributed by atoms with Crippen molar-refractivity contribution < 1.29 is 9.53 Å². The van der Waals surface area contributed by atoms with Crippen molar-refractivity contribution in [2.75, 3.05) is 26.2 Å². The van der Waals surface area contributed by atoms with Gasteiger partial charge < -0.3 is 15.4 Å². The highest BCUT2D eigenvalue weighted by Gasteiger charge is 2.19. The van der Waals surface area contributed by atoms with E-state index in [0.717, 1.165) is 37.2 Å². The molecule has 1 amide bonds. The molecule has 0 radical (unpaired) electrons. The smallest absolute Gasteiger partial charge is 0.253 e. The molecular weight excluding hydrogens is 216 g/mol. The molecule has 0 unspecified atom stereocenters. The monoisotopic (exact) mass is 234 g/mol. The minimum Gasteiger partial charge on any atom is -0.492 e. The van der Waals surface area contributed by atoms with E-state index in [1.165, 1.54) is 0 Å². The molecule has 1 aliphatic heterocycles. The van der Waals surface area contributed by atoms with Crippen LogP contribution in [-0.2, 0) is 0 Å². The Kier molecular flexibility index (Phi) is 3.98. The number of hydrogen-bond acceptors (Lipinski definition) is 3. The second kappa shape index (κ2) is 5.68. The zero-order valence-electron chi connectivity index (χ0n) is 9.89. The number of nitrogens with two attached hydrogens (primary N) is 1. The van der Waals surface area contributed by atoms with Crippen molar-refractivity contribution >= 4 is 5.91 Å². The minimum atomic E-state index is 0.118. The molecule has 0 bridgehead atoms. The van der Waals surface area contributed by atoms with E-state index in [0.29, 0.717) is 13.2 Å². The van der Waals surface area contributed by atoms with Gasteiger partial charge in [-0.1, -0.05) is 0 Å². The third-order valence-corrected chi connectivity index (χ3v) is 2.88. The predicted octanol–water partition coefficient (Wildman–Crippen LogP) is 1.26. The number of rotatable bonds is 4. The number of amides is 1. The van der Waals surface area contributed by atoms with Crippen molar-refractivity contribution in [3.8, 4) is 5.75 Å². The fraction of sp³-hybridized carbons (Fsp3) is 0.462. The summed E-state index contributed by atoms with van der Waals surface area (Å²) in [6.07, 6.45) is 2.23. The molecule has 0 spiro atoms. The van der Waals surface area contributed by atoms with E-state index in [9.17, 15) is 4.79 Å². The molecule has 2 rings (SSSR count). The molecule has 1 fully saturated rings. The molecule has 1 aromatic rings. The number of ether oxygens (including phenoxy) is 1. The molecule has 4 heteroatoms. The van der Waals surface area contributed by atoms with Crippen LogP contribution in [-0.4, -0.2) is 37.0 Å². The average Bonchev–Trinajstić information content (AvgIpc) is 2.90. The predicted molar refractivity (Wildman–Crippen MR) is 66.1 cm³/mol. The maximum atomic E-state index is 12.0. The molecule has 1 aliphatic rings. The largest absolute Gasteiger partial charge is 0.492 e. The van der Waals surface area contributed by atoms with Gasteiger partial charge in [-0.15, -0.1) is 0 Å². The molecule has 0 aliphatic carbocycles. The molecule has 2 N–H and O–H groups in total. The zero-order valence-corrected chi connectivity index (χ0v) is 9.89. The van der Waals surface area contributed by atoms with Crippen molar-refractivity contribution in [2.45, 2.75) is 12.8 Å². The first kappa shape index (κ1) is 11.9. The lowest BCUT2D eigenvalue weighted by Gasteiger charge is -2.15. The lowest BCUT2D eigenvalue weighted by molar-refractivity contribution is 0.0793. The highest BCUT2D eigenvalue weighted by molar-refractivity contribution is 5.94. The molecule has 1 aromatic carbocycles. The Hall–Kier alpha value is -1.55. The van der Waals surface area contributed by atoms with Crippen molar-refractivity contribution in [3.05, 3.63) is 29.8 Å². The van der Waals surface area contributed by atoms with Crippen LogP contribution >= 0.6 is 0 Å². The first-order valence-electron chi connectivity index (χ1n) is 6.03. The second-order valence-electron chi connectivity index (χ2n) is 4.16. The third kappa shape index (κ3) is 2.97. The van der Waals surface area contributed by atoms with E-state index in [2.05, 4.69) is 0 Å². The summed E-state index contributed by atoms with van der Waals surface area (Å²) in [5, 5.41) is 0. The van der Waals surface area contributed by atoms with Crippen molar-refractivity contribution in [3.63, 3.8) is 0 Å². The fourth-order valence-electron chi connectivity index (χ4n) is 1.97. The van der Waals surface area contributed by atoms with E-state index in [4.69, 9.17) is 10.5 Å². The molecule has 17 heavy (non-hydrogen) atoms. The summed E-state index contributed by atoms with van der Waals surface area (Å²) in [7, 11) is 0. The molecule has 1 saturated heterocycles. The van der Waals surface area contributed by atoms with Gasteiger partial charge in [0.2, 0.25) is 0 Å². The van der Waals surface area contributed by atoms with Crippen LogP contribution in [0.2, 0.25) is 0 Å². The van der Waals surface area contributed by atoms with Crippen LogP contribution in [0.5, 0.6) is 5.75 Å². The van der Waals surface area contributed by atoms with Crippen LogP contribution in [0.3, 0.4) is 0 Å². The van der Waals surface area contributed by atoms with Gasteiger partial charge in [0.05, 0.1) is 0 Å². The number of carbonyl (C=O) groups excluding carboxylic acids is 1. The quantitative estimate of drug-likeness (QED) is 0.853. The minimum absolute atomic E-state index is 0.118. The summed E-state index contributed by atoms with van der Waals surface area (Å²) < 4.78 is 5.37. The second-order valence-corrected chi connectivity index (χ2v) is 4.16. The Labute approximate surface area is 101 Å². The summed E-state index contributed by atoms with van der Waals surface area (Å²) in [5.41, 5.74) is 6.08. The van der Waals surface area contributed by atoms with Crippen molar-refractivity contribution in [2.24, 2.45) is 5.73 Å². The fourth-order valence-corrected chi connectivity index (χ4v) is 1.97. The summed E-state index contributed by atoms with van der Waals surface area (Å²) in [5.74, 6) is 0.876. The summed E-state index contributed by atoms with van der Waals surface area (Å²) in [6.45, 7) is 2.75. The highest BCUT2D eigenvalue weighted by atomic mass is 16.5. The number of nitrogens with zero attached hydrogens (tertiary/aromatic N) is 1. The van der Waals surface area contributed by atoms with Gasteiger partial charge in [0.1, 0.15) is 12.4 Å². The van der Waals surface area contributed by atoms with E-state index in [1.807, 2.05) is 29.2 Å². The van der Waals surface area contributed by atoms with Crippen LogP contribution in [0.4, 0.5) is 0 Å². The van der Waals surface area contributed by atoms with Crippen LogP contribution in [0, 0.1) is 0 Å². The Morgan fingerprint density at radius 2 is 1.88 bits per heavy atom. The molecule has 0 aromatic heterocycles. The highest BCUT2D eigenvalue weighted by Crippen LogP contribution is 2.16. The van der Waals surface area contributed by atoms with Crippen LogP contribution in [0.25, 0.3) is 0 Å². The maximum absolute atomic E-state index is 12.0. The number of carbonyl (C=O) groups is 1. The Balaban J connectivity index is 1.99. The van der Waals surface area contributed by atoms with Gasteiger partial charge in [0, 0.05) is 25.2 Å². The van der Waals surface area contributed by atoms with Crippen LogP contribution < -0.4 is 10.5 Å². The Morgan fingerprint density at radius 1 is 1.24 bits per heavy atom. The van der Waals surface area contributed by atoms with Gasteiger partial charge in [0.25, 0.3) is 5.91 Å². The number of hydrogen-bond donors (Lipinski definition) is 1. The van der Waals surface area contributed by atoms with Gasteiger partial charge in [-0.2, -0.15) is 0 Å². The molecule has 1 heterocycles. The standard InChI is InChI=1S/C13H18N2O2/c14-7-10-17-12-5-3-11(4-6-12)13(16)15-8-1-2-9-15/h3-6H,1-2,7-10,14H2. The van der Waals surface area contributed by atoms with Gasteiger partial charge in [-0.05, 0) is 37.1 Å². The van der Waals surface area contributed by atoms with Gasteiger partial charge in [0.15, 0.2) is 0 Å².